The Labute approximate surface area is 162 Å². The SMILES string of the molecule is CCc1ccc([C@H]2C(C#N)=C(N)Oc3c2c(=O)oc2cc(C)cc(C)c32)cc1. The van der Waals surface area contributed by atoms with Crippen molar-refractivity contribution in [2.45, 2.75) is 33.1 Å². The number of benzene rings is 2. The fourth-order valence-corrected chi connectivity index (χ4v) is 3.89. The zero-order chi connectivity index (χ0) is 20.0. The van der Waals surface area contributed by atoms with E-state index in [9.17, 15) is 10.1 Å². The van der Waals surface area contributed by atoms with Crippen LogP contribution in [0.4, 0.5) is 0 Å². The third kappa shape index (κ3) is 2.66. The Hall–Kier alpha value is -3.52. The summed E-state index contributed by atoms with van der Waals surface area (Å²) in [5.74, 6) is -0.225. The quantitative estimate of drug-likeness (QED) is 0.681. The van der Waals surface area contributed by atoms with Gasteiger partial charge in [-0.3, -0.25) is 0 Å². The van der Waals surface area contributed by atoms with Crippen LogP contribution in [0.2, 0.25) is 0 Å². The summed E-state index contributed by atoms with van der Waals surface area (Å²) in [6.45, 7) is 5.94. The summed E-state index contributed by atoms with van der Waals surface area (Å²) in [4.78, 5) is 13.0. The van der Waals surface area contributed by atoms with Gasteiger partial charge in [-0.2, -0.15) is 5.26 Å². The summed E-state index contributed by atoms with van der Waals surface area (Å²) >= 11 is 0. The van der Waals surface area contributed by atoms with Crippen LogP contribution in [0.5, 0.6) is 5.75 Å². The highest BCUT2D eigenvalue weighted by Gasteiger charge is 2.35. The number of rotatable bonds is 2. The van der Waals surface area contributed by atoms with Gasteiger partial charge in [0.25, 0.3) is 0 Å². The fraction of sp³-hybridized carbons (Fsp3) is 0.217. The molecule has 0 fully saturated rings. The van der Waals surface area contributed by atoms with Gasteiger partial charge in [-0.15, -0.1) is 0 Å². The summed E-state index contributed by atoms with van der Waals surface area (Å²) in [7, 11) is 0. The van der Waals surface area contributed by atoms with Crippen molar-refractivity contribution in [1.82, 2.24) is 0 Å². The van der Waals surface area contributed by atoms with Crippen molar-refractivity contribution in [1.29, 1.82) is 5.26 Å². The van der Waals surface area contributed by atoms with Gasteiger partial charge >= 0.3 is 5.63 Å². The predicted molar refractivity (Wildman–Crippen MR) is 107 cm³/mol. The van der Waals surface area contributed by atoms with Crippen molar-refractivity contribution >= 4 is 11.0 Å². The molecule has 4 rings (SSSR count). The summed E-state index contributed by atoms with van der Waals surface area (Å²) in [5.41, 5.74) is 10.5. The van der Waals surface area contributed by atoms with Crippen LogP contribution >= 0.6 is 0 Å². The molecule has 1 aromatic heterocycles. The molecule has 0 bridgehead atoms. The molecule has 5 nitrogen and oxygen atoms in total. The summed E-state index contributed by atoms with van der Waals surface area (Å²) in [6.07, 6.45) is 0.902. The smallest absolute Gasteiger partial charge is 0.344 e. The van der Waals surface area contributed by atoms with Crippen LogP contribution in [0.25, 0.3) is 11.0 Å². The summed E-state index contributed by atoms with van der Waals surface area (Å²) in [6, 6.07) is 13.8. The molecular weight excluding hydrogens is 352 g/mol. The van der Waals surface area contributed by atoms with Crippen molar-refractivity contribution < 1.29 is 9.15 Å². The maximum atomic E-state index is 13.0. The second-order valence-corrected chi connectivity index (χ2v) is 7.11. The molecule has 1 aliphatic rings. The second kappa shape index (κ2) is 6.58. The van der Waals surface area contributed by atoms with Crippen molar-refractivity contribution in [3.8, 4) is 11.8 Å². The van der Waals surface area contributed by atoms with Gasteiger partial charge in [0.2, 0.25) is 5.88 Å². The molecule has 1 atom stereocenters. The maximum absolute atomic E-state index is 13.0. The predicted octanol–water partition coefficient (Wildman–Crippen LogP) is 4.19. The molecule has 28 heavy (non-hydrogen) atoms. The van der Waals surface area contributed by atoms with E-state index in [1.807, 2.05) is 44.2 Å². The van der Waals surface area contributed by atoms with Gasteiger partial charge in [-0.1, -0.05) is 37.3 Å². The average Bonchev–Trinajstić information content (AvgIpc) is 2.66. The van der Waals surface area contributed by atoms with Crippen LogP contribution in [0.3, 0.4) is 0 Å². The lowest BCUT2D eigenvalue weighted by atomic mass is 9.83. The maximum Gasteiger partial charge on any atom is 0.344 e. The Morgan fingerprint density at radius 3 is 2.54 bits per heavy atom. The van der Waals surface area contributed by atoms with Gasteiger partial charge in [-0.25, -0.2) is 4.79 Å². The number of allylic oxidation sites excluding steroid dienone is 1. The molecule has 0 saturated heterocycles. The van der Waals surface area contributed by atoms with E-state index in [1.165, 1.54) is 5.56 Å². The van der Waals surface area contributed by atoms with E-state index < -0.39 is 11.5 Å². The number of fused-ring (bicyclic) bond motifs is 3. The summed E-state index contributed by atoms with van der Waals surface area (Å²) in [5, 5.41) is 10.4. The Bertz CT molecular complexity index is 1230. The van der Waals surface area contributed by atoms with Crippen LogP contribution < -0.4 is 16.1 Å². The van der Waals surface area contributed by atoms with E-state index in [0.717, 1.165) is 23.1 Å². The van der Waals surface area contributed by atoms with Crippen molar-refractivity contribution in [3.63, 3.8) is 0 Å². The van der Waals surface area contributed by atoms with E-state index in [2.05, 4.69) is 13.0 Å². The van der Waals surface area contributed by atoms with Gasteiger partial charge in [0.1, 0.15) is 17.2 Å². The molecule has 0 unspecified atom stereocenters. The molecule has 1 aliphatic heterocycles. The molecular formula is C23H20N2O3. The van der Waals surface area contributed by atoms with Gasteiger partial charge in [0.05, 0.1) is 16.9 Å². The van der Waals surface area contributed by atoms with E-state index in [4.69, 9.17) is 14.9 Å². The standard InChI is InChI=1S/C23H20N2O3/c1-4-14-5-7-15(8-6-14)19-16(11-24)22(25)28-21-18-13(3)9-12(2)10-17(18)27-23(26)20(19)21/h5-10,19H,4,25H2,1-3H3/t19-/m0/s1. The van der Waals surface area contributed by atoms with Crippen LogP contribution in [-0.4, -0.2) is 0 Å². The molecule has 2 N–H and O–H groups in total. The van der Waals surface area contributed by atoms with Crippen molar-refractivity contribution in [2.24, 2.45) is 5.73 Å². The first kappa shape index (κ1) is 17.9. The van der Waals surface area contributed by atoms with E-state index >= 15 is 0 Å². The zero-order valence-electron chi connectivity index (χ0n) is 16.0. The fourth-order valence-electron chi connectivity index (χ4n) is 3.89. The van der Waals surface area contributed by atoms with E-state index in [0.29, 0.717) is 22.3 Å². The minimum Gasteiger partial charge on any atom is -0.439 e. The average molecular weight is 372 g/mol. The lowest BCUT2D eigenvalue weighted by molar-refractivity contribution is 0.388. The highest BCUT2D eigenvalue weighted by atomic mass is 16.5. The molecule has 3 aromatic rings. The number of hydrogen-bond donors (Lipinski definition) is 1. The molecule has 0 radical (unpaired) electrons. The lowest BCUT2D eigenvalue weighted by Gasteiger charge is -2.26. The van der Waals surface area contributed by atoms with Crippen molar-refractivity contribution in [2.75, 3.05) is 0 Å². The van der Waals surface area contributed by atoms with Crippen molar-refractivity contribution in [3.05, 3.63) is 86.1 Å². The molecule has 0 saturated carbocycles. The van der Waals surface area contributed by atoms with Gasteiger partial charge in [-0.05, 0) is 48.6 Å². The number of ether oxygens (including phenoxy) is 1. The van der Waals surface area contributed by atoms with E-state index in [1.54, 1.807) is 6.07 Å². The minimum atomic E-state index is -0.624. The molecule has 2 aromatic carbocycles. The third-order valence-electron chi connectivity index (χ3n) is 5.23. The Morgan fingerprint density at radius 2 is 1.89 bits per heavy atom. The molecule has 0 spiro atoms. The second-order valence-electron chi connectivity index (χ2n) is 7.11. The number of nitriles is 1. The van der Waals surface area contributed by atoms with Crippen LogP contribution in [0.1, 0.15) is 40.7 Å². The number of hydrogen-bond acceptors (Lipinski definition) is 5. The topological polar surface area (TPSA) is 89.3 Å². The molecule has 140 valence electrons. The first-order valence-corrected chi connectivity index (χ1v) is 9.19. The third-order valence-corrected chi connectivity index (χ3v) is 5.23. The first-order chi connectivity index (χ1) is 13.4. The first-order valence-electron chi connectivity index (χ1n) is 9.19. The highest BCUT2D eigenvalue weighted by molar-refractivity contribution is 5.89. The van der Waals surface area contributed by atoms with Crippen LogP contribution in [0.15, 0.2) is 57.1 Å². The number of nitrogens with zero attached hydrogens (tertiary/aromatic N) is 1. The summed E-state index contributed by atoms with van der Waals surface area (Å²) < 4.78 is 11.5. The normalized spacial score (nSPS) is 15.9. The Balaban J connectivity index is 2.06. The van der Waals surface area contributed by atoms with Crippen LogP contribution in [-0.2, 0) is 6.42 Å². The molecule has 0 amide bonds. The van der Waals surface area contributed by atoms with Gasteiger partial charge < -0.3 is 14.9 Å². The van der Waals surface area contributed by atoms with Gasteiger partial charge in [0.15, 0.2) is 5.75 Å². The molecule has 5 heteroatoms. The monoisotopic (exact) mass is 372 g/mol. The molecule has 2 heterocycles. The Kier molecular flexibility index (Phi) is 4.20. The largest absolute Gasteiger partial charge is 0.439 e. The number of aryl methyl sites for hydroxylation is 3. The van der Waals surface area contributed by atoms with Gasteiger partial charge in [0, 0.05) is 0 Å². The zero-order valence-corrected chi connectivity index (χ0v) is 16.0. The van der Waals surface area contributed by atoms with E-state index in [-0.39, 0.29) is 11.5 Å². The molecule has 0 aliphatic carbocycles. The lowest BCUT2D eigenvalue weighted by Crippen LogP contribution is -2.26. The Morgan fingerprint density at radius 1 is 1.18 bits per heavy atom. The minimum absolute atomic E-state index is 0.0199. The number of nitrogens with two attached hydrogens (primary N) is 1. The van der Waals surface area contributed by atoms with Crippen LogP contribution in [0, 0.1) is 25.2 Å². The highest BCUT2D eigenvalue weighted by Crippen LogP contribution is 2.44.